The van der Waals surface area contributed by atoms with E-state index in [1.54, 1.807) is 0 Å². The average molecular weight is 286 g/mol. The molecule has 1 fully saturated rings. The number of anilines is 1. The van der Waals surface area contributed by atoms with Crippen LogP contribution in [0.25, 0.3) is 0 Å². The van der Waals surface area contributed by atoms with E-state index in [2.05, 4.69) is 11.6 Å². The van der Waals surface area contributed by atoms with Gasteiger partial charge in [-0.2, -0.15) is 0 Å². The SMILES string of the molecule is Cc1c(N)cc(S(=O)(=O)NC2CCC(C)C2)cc1F. The van der Waals surface area contributed by atoms with Gasteiger partial charge in [-0.3, -0.25) is 0 Å². The van der Waals surface area contributed by atoms with Gasteiger partial charge in [-0.1, -0.05) is 6.92 Å². The molecule has 19 heavy (non-hydrogen) atoms. The van der Waals surface area contributed by atoms with Crippen molar-refractivity contribution in [1.29, 1.82) is 0 Å². The summed E-state index contributed by atoms with van der Waals surface area (Å²) in [4.78, 5) is -0.104. The van der Waals surface area contributed by atoms with E-state index in [-0.39, 0.29) is 22.2 Å². The molecule has 0 aliphatic heterocycles. The summed E-state index contributed by atoms with van der Waals surface area (Å²) in [5.41, 5.74) is 6.04. The summed E-state index contributed by atoms with van der Waals surface area (Å²) in [5.74, 6) is -0.0762. The summed E-state index contributed by atoms with van der Waals surface area (Å²) >= 11 is 0. The number of nitrogens with one attached hydrogen (secondary N) is 1. The molecule has 0 spiro atoms. The van der Waals surface area contributed by atoms with Crippen LogP contribution in [0.2, 0.25) is 0 Å². The number of halogens is 1. The molecule has 6 heteroatoms. The normalized spacial score (nSPS) is 23.7. The Morgan fingerprint density at radius 1 is 1.37 bits per heavy atom. The third-order valence-electron chi connectivity index (χ3n) is 3.68. The molecule has 2 atom stereocenters. The monoisotopic (exact) mass is 286 g/mol. The molecule has 2 unspecified atom stereocenters. The molecular formula is C13H19FN2O2S. The minimum atomic E-state index is -3.70. The van der Waals surface area contributed by atoms with Crippen molar-refractivity contribution in [1.82, 2.24) is 4.72 Å². The lowest BCUT2D eigenvalue weighted by Crippen LogP contribution is -2.33. The maximum absolute atomic E-state index is 13.6. The lowest BCUT2D eigenvalue weighted by atomic mass is 10.1. The highest BCUT2D eigenvalue weighted by molar-refractivity contribution is 7.89. The van der Waals surface area contributed by atoms with Crippen molar-refractivity contribution in [2.75, 3.05) is 5.73 Å². The number of nitrogens with two attached hydrogens (primary N) is 1. The van der Waals surface area contributed by atoms with Gasteiger partial charge in [0.2, 0.25) is 10.0 Å². The standard InChI is InChI=1S/C13H19FN2O2S/c1-8-3-4-10(5-8)16-19(17,18)11-6-12(14)9(2)13(15)7-11/h6-8,10,16H,3-5,15H2,1-2H3. The zero-order valence-electron chi connectivity index (χ0n) is 11.1. The van der Waals surface area contributed by atoms with E-state index in [9.17, 15) is 12.8 Å². The van der Waals surface area contributed by atoms with Gasteiger partial charge in [0.1, 0.15) is 5.82 Å². The number of nitrogen functional groups attached to an aromatic ring is 1. The summed E-state index contributed by atoms with van der Waals surface area (Å²) in [6.45, 7) is 3.62. The van der Waals surface area contributed by atoms with Crippen molar-refractivity contribution >= 4 is 15.7 Å². The van der Waals surface area contributed by atoms with E-state index < -0.39 is 15.8 Å². The van der Waals surface area contributed by atoms with Crippen LogP contribution in [0.4, 0.5) is 10.1 Å². The molecule has 106 valence electrons. The number of benzene rings is 1. The van der Waals surface area contributed by atoms with Gasteiger partial charge in [0.05, 0.1) is 4.90 Å². The van der Waals surface area contributed by atoms with Crippen LogP contribution in [0, 0.1) is 18.7 Å². The van der Waals surface area contributed by atoms with Gasteiger partial charge in [0.15, 0.2) is 0 Å². The van der Waals surface area contributed by atoms with Gasteiger partial charge in [-0.15, -0.1) is 0 Å². The molecule has 1 aromatic rings. The quantitative estimate of drug-likeness (QED) is 0.837. The van der Waals surface area contributed by atoms with Gasteiger partial charge in [-0.05, 0) is 44.2 Å². The fourth-order valence-corrected chi connectivity index (χ4v) is 3.76. The second-order valence-corrected chi connectivity index (χ2v) is 7.07. The highest BCUT2D eigenvalue weighted by atomic mass is 32.2. The van der Waals surface area contributed by atoms with Gasteiger partial charge in [0.25, 0.3) is 0 Å². The second kappa shape index (κ2) is 5.09. The lowest BCUT2D eigenvalue weighted by Gasteiger charge is -2.14. The van der Waals surface area contributed by atoms with Crippen LogP contribution >= 0.6 is 0 Å². The molecule has 1 aliphatic rings. The third kappa shape index (κ3) is 3.06. The van der Waals surface area contributed by atoms with E-state index in [1.807, 2.05) is 0 Å². The topological polar surface area (TPSA) is 72.2 Å². The number of hydrogen-bond donors (Lipinski definition) is 2. The van der Waals surface area contributed by atoms with Crippen LogP contribution in [0.5, 0.6) is 0 Å². The zero-order valence-corrected chi connectivity index (χ0v) is 11.9. The van der Waals surface area contributed by atoms with Crippen molar-refractivity contribution in [3.05, 3.63) is 23.5 Å². The summed E-state index contributed by atoms with van der Waals surface area (Å²) in [7, 11) is -3.70. The van der Waals surface area contributed by atoms with Crippen LogP contribution in [0.3, 0.4) is 0 Å². The van der Waals surface area contributed by atoms with Gasteiger partial charge in [-0.25, -0.2) is 17.5 Å². The van der Waals surface area contributed by atoms with Crippen LogP contribution < -0.4 is 10.5 Å². The first kappa shape index (κ1) is 14.3. The Labute approximate surface area is 113 Å². The molecule has 4 nitrogen and oxygen atoms in total. The first-order valence-electron chi connectivity index (χ1n) is 6.37. The lowest BCUT2D eigenvalue weighted by molar-refractivity contribution is 0.537. The molecule has 0 radical (unpaired) electrons. The predicted octanol–water partition coefficient (Wildman–Crippen LogP) is 2.18. The molecule has 1 aliphatic carbocycles. The smallest absolute Gasteiger partial charge is 0.240 e. The highest BCUT2D eigenvalue weighted by Crippen LogP contribution is 2.27. The summed E-state index contributed by atoms with van der Waals surface area (Å²) in [6, 6.07) is 2.26. The van der Waals surface area contributed by atoms with Crippen molar-refractivity contribution in [3.8, 4) is 0 Å². The number of sulfonamides is 1. The molecular weight excluding hydrogens is 267 g/mol. The van der Waals surface area contributed by atoms with E-state index in [0.717, 1.165) is 25.3 Å². The molecule has 0 aromatic heterocycles. The number of rotatable bonds is 3. The Bertz CT molecular complexity index is 563. The first-order valence-corrected chi connectivity index (χ1v) is 7.86. The summed E-state index contributed by atoms with van der Waals surface area (Å²) < 4.78 is 40.6. The molecule has 1 aromatic carbocycles. The molecule has 0 bridgehead atoms. The Kier molecular flexibility index (Phi) is 3.82. The van der Waals surface area contributed by atoms with Crippen LogP contribution in [0.1, 0.15) is 31.7 Å². The fraction of sp³-hybridized carbons (Fsp3) is 0.538. The zero-order chi connectivity index (χ0) is 14.2. The van der Waals surface area contributed by atoms with Crippen LogP contribution in [-0.2, 0) is 10.0 Å². The van der Waals surface area contributed by atoms with Crippen LogP contribution in [-0.4, -0.2) is 14.5 Å². The van der Waals surface area contributed by atoms with Crippen LogP contribution in [0.15, 0.2) is 17.0 Å². The third-order valence-corrected chi connectivity index (χ3v) is 5.18. The Balaban J connectivity index is 2.25. The highest BCUT2D eigenvalue weighted by Gasteiger charge is 2.27. The predicted molar refractivity (Wildman–Crippen MR) is 72.7 cm³/mol. The van der Waals surface area contributed by atoms with E-state index in [4.69, 9.17) is 5.73 Å². The second-order valence-electron chi connectivity index (χ2n) is 5.36. The van der Waals surface area contributed by atoms with E-state index in [1.165, 1.54) is 13.0 Å². The van der Waals surface area contributed by atoms with E-state index >= 15 is 0 Å². The van der Waals surface area contributed by atoms with E-state index in [0.29, 0.717) is 5.92 Å². The van der Waals surface area contributed by atoms with Crippen molar-refractivity contribution in [2.24, 2.45) is 5.92 Å². The first-order chi connectivity index (χ1) is 8.79. The molecule has 0 amide bonds. The maximum Gasteiger partial charge on any atom is 0.240 e. The Morgan fingerprint density at radius 2 is 2.05 bits per heavy atom. The Morgan fingerprint density at radius 3 is 2.58 bits per heavy atom. The minimum Gasteiger partial charge on any atom is -0.398 e. The van der Waals surface area contributed by atoms with Crippen molar-refractivity contribution in [3.63, 3.8) is 0 Å². The molecule has 2 rings (SSSR count). The van der Waals surface area contributed by atoms with Gasteiger partial charge in [0, 0.05) is 17.3 Å². The molecule has 1 saturated carbocycles. The maximum atomic E-state index is 13.6. The van der Waals surface area contributed by atoms with Crippen molar-refractivity contribution < 1.29 is 12.8 Å². The number of hydrogen-bond acceptors (Lipinski definition) is 3. The van der Waals surface area contributed by atoms with Gasteiger partial charge < -0.3 is 5.73 Å². The summed E-state index contributed by atoms with van der Waals surface area (Å²) in [5, 5.41) is 0. The largest absolute Gasteiger partial charge is 0.398 e. The fourth-order valence-electron chi connectivity index (χ4n) is 2.43. The van der Waals surface area contributed by atoms with Crippen molar-refractivity contribution in [2.45, 2.75) is 44.0 Å². The Hall–Kier alpha value is -1.14. The molecule has 0 heterocycles. The molecule has 3 N–H and O–H groups in total. The average Bonchev–Trinajstić information content (AvgIpc) is 2.70. The van der Waals surface area contributed by atoms with Gasteiger partial charge >= 0.3 is 0 Å². The minimum absolute atomic E-state index is 0.0643. The summed E-state index contributed by atoms with van der Waals surface area (Å²) in [6.07, 6.45) is 2.66. The molecule has 0 saturated heterocycles.